The summed E-state index contributed by atoms with van der Waals surface area (Å²) < 4.78 is 22.7. The Labute approximate surface area is 186 Å². The minimum Gasteiger partial charge on any atom is -0.457 e. The van der Waals surface area contributed by atoms with Crippen LogP contribution in [0.2, 0.25) is 0 Å². The Bertz CT molecular complexity index is 1250. The topological polar surface area (TPSA) is 78.9 Å². The molecular formula is C26H28O6. The molecule has 6 heteroatoms. The van der Waals surface area contributed by atoms with E-state index >= 15 is 0 Å². The third-order valence-corrected chi connectivity index (χ3v) is 5.80. The molecule has 4 aromatic heterocycles. The summed E-state index contributed by atoms with van der Waals surface area (Å²) in [4.78, 5) is 25.0. The van der Waals surface area contributed by atoms with Gasteiger partial charge >= 0.3 is 11.9 Å². The molecule has 0 spiro atoms. The normalized spacial score (nSPS) is 13.3. The summed E-state index contributed by atoms with van der Waals surface area (Å²) in [5, 5.41) is 0. The Morgan fingerprint density at radius 2 is 1.84 bits per heavy atom. The molecule has 0 aromatic carbocycles. The van der Waals surface area contributed by atoms with E-state index in [1.54, 1.807) is 13.0 Å². The van der Waals surface area contributed by atoms with E-state index in [0.29, 0.717) is 35.3 Å². The molecule has 0 aliphatic carbocycles. The Balaban J connectivity index is 1.44. The molecule has 4 aromatic rings. The van der Waals surface area contributed by atoms with Crippen LogP contribution in [-0.4, -0.2) is 11.9 Å². The van der Waals surface area contributed by atoms with Crippen LogP contribution in [0, 0.1) is 11.3 Å². The van der Waals surface area contributed by atoms with Crippen molar-refractivity contribution in [3.63, 3.8) is 0 Å². The number of esters is 2. The number of ether oxygens (including phenoxy) is 2. The number of carbonyl (C=O) groups is 2. The molecule has 0 aliphatic rings. The molecule has 4 bridgehead atoms. The molecule has 1 atom stereocenters. The van der Waals surface area contributed by atoms with Gasteiger partial charge in [-0.3, -0.25) is 4.79 Å². The van der Waals surface area contributed by atoms with Crippen molar-refractivity contribution >= 4 is 34.3 Å². The Hall–Kier alpha value is -3.28. The van der Waals surface area contributed by atoms with Gasteiger partial charge in [0.1, 0.15) is 22.9 Å². The number of aryl methyl sites for hydroxylation is 1. The fourth-order valence-electron chi connectivity index (χ4n) is 3.79. The van der Waals surface area contributed by atoms with Crippen LogP contribution in [-0.2, 0) is 20.7 Å². The van der Waals surface area contributed by atoms with Gasteiger partial charge in [0.15, 0.2) is 11.3 Å². The zero-order chi connectivity index (χ0) is 23.2. The fourth-order valence-corrected chi connectivity index (χ4v) is 3.79. The molecule has 0 saturated heterocycles. The van der Waals surface area contributed by atoms with E-state index in [2.05, 4.69) is 6.58 Å². The van der Waals surface area contributed by atoms with Crippen molar-refractivity contribution in [3.05, 3.63) is 53.6 Å². The summed E-state index contributed by atoms with van der Waals surface area (Å²) in [5.41, 5.74) is 4.11. The summed E-state index contributed by atoms with van der Waals surface area (Å²) in [6, 6.07) is 9.33. The predicted octanol–water partition coefficient (Wildman–Crippen LogP) is 6.44. The zero-order valence-corrected chi connectivity index (χ0v) is 19.1. The van der Waals surface area contributed by atoms with E-state index in [-0.39, 0.29) is 18.0 Å². The maximum Gasteiger partial charge on any atom is 0.338 e. The SMILES string of the molecule is C=C(C)C(=O)Oc1cc2cc(CCC(C)(C)C(=O)OC(c3cc4ccc3o4)C(C)C)c1o2. The highest BCUT2D eigenvalue weighted by molar-refractivity contribution is 5.91. The number of fused-ring (bicyclic) bond motifs is 4. The summed E-state index contributed by atoms with van der Waals surface area (Å²) in [6.07, 6.45) is 0.762. The summed E-state index contributed by atoms with van der Waals surface area (Å²) in [5.74, 6) is -0.263. The molecule has 0 N–H and O–H groups in total. The van der Waals surface area contributed by atoms with Crippen LogP contribution >= 0.6 is 0 Å². The van der Waals surface area contributed by atoms with Gasteiger partial charge in [-0.2, -0.15) is 0 Å². The molecule has 0 aliphatic heterocycles. The number of hydrogen-bond donors (Lipinski definition) is 0. The Kier molecular flexibility index (Phi) is 5.49. The van der Waals surface area contributed by atoms with Crippen LogP contribution in [0.5, 0.6) is 5.75 Å². The van der Waals surface area contributed by atoms with Gasteiger partial charge < -0.3 is 18.3 Å². The third kappa shape index (κ3) is 4.09. The van der Waals surface area contributed by atoms with E-state index in [0.717, 1.165) is 22.3 Å². The van der Waals surface area contributed by atoms with E-state index in [1.165, 1.54) is 0 Å². The third-order valence-electron chi connectivity index (χ3n) is 5.80. The van der Waals surface area contributed by atoms with Crippen LogP contribution in [0.1, 0.15) is 58.3 Å². The second kappa shape index (κ2) is 8.01. The van der Waals surface area contributed by atoms with E-state index in [9.17, 15) is 9.59 Å². The standard InChI is InChI=1S/C26H28O6/c1-14(2)22(19-12-17-7-8-20(19)29-17)32-25(28)26(5,6)10-9-16-11-18-13-21(23(16)30-18)31-24(27)15(3)4/h7-8,11-14,22H,3,9-10H2,1-2,4-6H3. The average Bonchev–Trinajstić information content (AvgIpc) is 3.50. The lowest BCUT2D eigenvalue weighted by atomic mass is 9.86. The lowest BCUT2D eigenvalue weighted by Crippen LogP contribution is -2.30. The minimum absolute atomic E-state index is 0.106. The predicted molar refractivity (Wildman–Crippen MR) is 121 cm³/mol. The monoisotopic (exact) mass is 436 g/mol. The lowest BCUT2D eigenvalue weighted by Gasteiger charge is -2.28. The van der Waals surface area contributed by atoms with Gasteiger partial charge in [-0.25, -0.2) is 4.79 Å². The first-order valence-electron chi connectivity index (χ1n) is 10.8. The summed E-state index contributed by atoms with van der Waals surface area (Å²) in [6.45, 7) is 13.0. The molecule has 0 fully saturated rings. The Morgan fingerprint density at radius 3 is 2.41 bits per heavy atom. The molecular weight excluding hydrogens is 408 g/mol. The number of hydrogen-bond acceptors (Lipinski definition) is 6. The summed E-state index contributed by atoms with van der Waals surface area (Å²) in [7, 11) is 0. The molecule has 0 amide bonds. The van der Waals surface area contributed by atoms with Crippen LogP contribution in [0.3, 0.4) is 0 Å². The first kappa shape index (κ1) is 21.9. The van der Waals surface area contributed by atoms with Crippen molar-refractivity contribution < 1.29 is 27.9 Å². The van der Waals surface area contributed by atoms with Gasteiger partial charge in [0.2, 0.25) is 0 Å². The largest absolute Gasteiger partial charge is 0.457 e. The number of rotatable bonds is 9. The van der Waals surface area contributed by atoms with Crippen molar-refractivity contribution in [3.8, 4) is 5.75 Å². The molecule has 0 radical (unpaired) electrons. The first-order chi connectivity index (χ1) is 15.0. The highest BCUT2D eigenvalue weighted by Crippen LogP contribution is 2.38. The van der Waals surface area contributed by atoms with Gasteiger partial charge in [0.25, 0.3) is 0 Å². The van der Waals surface area contributed by atoms with Crippen LogP contribution in [0.4, 0.5) is 0 Å². The number of furan rings is 4. The summed E-state index contributed by atoms with van der Waals surface area (Å²) >= 11 is 0. The van der Waals surface area contributed by atoms with Crippen LogP contribution in [0.25, 0.3) is 22.3 Å². The van der Waals surface area contributed by atoms with Gasteiger partial charge in [0, 0.05) is 22.8 Å². The lowest BCUT2D eigenvalue weighted by molar-refractivity contribution is -0.162. The zero-order valence-electron chi connectivity index (χ0n) is 19.1. The van der Waals surface area contributed by atoms with Gasteiger partial charge in [-0.15, -0.1) is 0 Å². The molecule has 168 valence electrons. The van der Waals surface area contributed by atoms with Crippen LogP contribution in [0.15, 0.2) is 51.3 Å². The molecule has 1 unspecified atom stereocenters. The fraction of sp³-hybridized carbons (Fsp3) is 0.385. The average molecular weight is 437 g/mol. The van der Waals surface area contributed by atoms with Crippen molar-refractivity contribution in [2.45, 2.75) is 53.6 Å². The van der Waals surface area contributed by atoms with E-state index in [4.69, 9.17) is 18.3 Å². The second-order valence-electron chi connectivity index (χ2n) is 9.44. The molecule has 4 rings (SSSR count). The number of carbonyl (C=O) groups excluding carboxylic acids is 2. The van der Waals surface area contributed by atoms with E-state index < -0.39 is 11.4 Å². The molecule has 4 heterocycles. The van der Waals surface area contributed by atoms with Crippen LogP contribution < -0.4 is 4.74 Å². The first-order valence-corrected chi connectivity index (χ1v) is 10.8. The quantitative estimate of drug-likeness (QED) is 0.171. The number of benzene rings is 2. The van der Waals surface area contributed by atoms with Gasteiger partial charge in [-0.05, 0) is 63.8 Å². The minimum atomic E-state index is -0.716. The van der Waals surface area contributed by atoms with Crippen molar-refractivity contribution in [1.82, 2.24) is 0 Å². The van der Waals surface area contributed by atoms with Crippen molar-refractivity contribution in [2.24, 2.45) is 11.3 Å². The van der Waals surface area contributed by atoms with Crippen molar-refractivity contribution in [1.29, 1.82) is 0 Å². The maximum absolute atomic E-state index is 13.1. The Morgan fingerprint density at radius 1 is 1.09 bits per heavy atom. The smallest absolute Gasteiger partial charge is 0.338 e. The highest BCUT2D eigenvalue weighted by atomic mass is 16.5. The highest BCUT2D eigenvalue weighted by Gasteiger charge is 2.34. The molecule has 0 saturated carbocycles. The van der Waals surface area contributed by atoms with Crippen molar-refractivity contribution in [2.75, 3.05) is 0 Å². The van der Waals surface area contributed by atoms with Gasteiger partial charge in [-0.1, -0.05) is 20.4 Å². The van der Waals surface area contributed by atoms with Gasteiger partial charge in [0.05, 0.1) is 5.41 Å². The van der Waals surface area contributed by atoms with E-state index in [1.807, 2.05) is 52.0 Å². The second-order valence-corrected chi connectivity index (χ2v) is 9.44. The molecule has 6 nitrogen and oxygen atoms in total. The maximum atomic E-state index is 13.1. The molecule has 32 heavy (non-hydrogen) atoms.